The molecule has 2 heterocycles. The summed E-state index contributed by atoms with van der Waals surface area (Å²) in [7, 11) is 0. The Morgan fingerprint density at radius 1 is 1.27 bits per heavy atom. The van der Waals surface area contributed by atoms with E-state index in [1.165, 1.54) is 10.8 Å². The Kier molecular flexibility index (Phi) is 5.58. The maximum Gasteiger partial charge on any atom is 0.330 e. The molecule has 7 nitrogen and oxygen atoms in total. The average Bonchev–Trinajstić information content (AvgIpc) is 3.00. The van der Waals surface area contributed by atoms with E-state index in [2.05, 4.69) is 9.88 Å². The van der Waals surface area contributed by atoms with Gasteiger partial charge in [-0.1, -0.05) is 25.1 Å². The molecule has 0 spiro atoms. The number of anilines is 1. The van der Waals surface area contributed by atoms with Gasteiger partial charge in [0.2, 0.25) is 0 Å². The van der Waals surface area contributed by atoms with Crippen molar-refractivity contribution in [2.45, 2.75) is 45.1 Å². The second kappa shape index (κ2) is 7.88. The van der Waals surface area contributed by atoms with Crippen molar-refractivity contribution in [2.24, 2.45) is 0 Å². The number of nitrogens with one attached hydrogen (secondary N) is 1. The third kappa shape index (κ3) is 3.73. The van der Waals surface area contributed by atoms with Crippen LogP contribution < -0.4 is 16.1 Å². The van der Waals surface area contributed by atoms with Gasteiger partial charge in [0.1, 0.15) is 12.3 Å². The Hall–Kier alpha value is -2.38. The quantitative estimate of drug-likeness (QED) is 0.811. The highest BCUT2D eigenvalue weighted by atomic mass is 16.5. The second-order valence-corrected chi connectivity index (χ2v) is 6.48. The lowest BCUT2D eigenvalue weighted by atomic mass is 10.1. The van der Waals surface area contributed by atoms with Gasteiger partial charge in [0.15, 0.2) is 0 Å². The standard InChI is InChI=1S/C19H25N3O4/c1-3-13-11-22(19(25)20-18(13)24)17-10-15(23)16(26-17)12-21(4-2)14-8-6-5-7-9-14/h5-9,11,15-17,23H,3-4,10,12H2,1-2H3,(H,20,24,25)/t15-,16+,17+/m0/s1. The number of ether oxygens (including phenoxy) is 1. The van der Waals surface area contributed by atoms with E-state index < -0.39 is 24.1 Å². The van der Waals surface area contributed by atoms with E-state index in [9.17, 15) is 14.7 Å². The highest BCUT2D eigenvalue weighted by Gasteiger charge is 2.36. The van der Waals surface area contributed by atoms with Crippen LogP contribution in [0.3, 0.4) is 0 Å². The van der Waals surface area contributed by atoms with Crippen molar-refractivity contribution in [3.05, 3.63) is 62.9 Å². The Balaban J connectivity index is 1.78. The van der Waals surface area contributed by atoms with Crippen LogP contribution >= 0.6 is 0 Å². The molecule has 0 saturated carbocycles. The molecule has 0 aliphatic carbocycles. The van der Waals surface area contributed by atoms with Gasteiger partial charge in [-0.3, -0.25) is 14.3 Å². The topological polar surface area (TPSA) is 87.6 Å². The molecule has 1 fully saturated rings. The number of H-pyrrole nitrogens is 1. The lowest BCUT2D eigenvalue weighted by molar-refractivity contribution is -0.0160. The molecule has 0 radical (unpaired) electrons. The minimum atomic E-state index is -0.679. The first-order valence-corrected chi connectivity index (χ1v) is 9.01. The first kappa shape index (κ1) is 18.4. The van der Waals surface area contributed by atoms with E-state index in [1.807, 2.05) is 44.2 Å². The van der Waals surface area contributed by atoms with Crippen LogP contribution in [-0.4, -0.2) is 40.0 Å². The van der Waals surface area contributed by atoms with E-state index in [0.29, 0.717) is 24.9 Å². The van der Waals surface area contributed by atoms with Gasteiger partial charge in [-0.15, -0.1) is 0 Å². The maximum atomic E-state index is 12.1. The van der Waals surface area contributed by atoms with Crippen LogP contribution in [0, 0.1) is 0 Å². The van der Waals surface area contributed by atoms with E-state index in [1.54, 1.807) is 0 Å². The molecule has 0 amide bonds. The predicted molar refractivity (Wildman–Crippen MR) is 99.6 cm³/mol. The number of aliphatic hydroxyl groups excluding tert-OH is 1. The van der Waals surface area contributed by atoms with E-state index in [-0.39, 0.29) is 5.56 Å². The Bertz CT molecular complexity index is 846. The van der Waals surface area contributed by atoms with Gasteiger partial charge < -0.3 is 14.7 Å². The lowest BCUT2D eigenvalue weighted by Gasteiger charge is -2.27. The third-order valence-electron chi connectivity index (χ3n) is 4.84. The summed E-state index contributed by atoms with van der Waals surface area (Å²) in [6.07, 6.45) is 0.693. The van der Waals surface area contributed by atoms with Gasteiger partial charge >= 0.3 is 5.69 Å². The van der Waals surface area contributed by atoms with Gasteiger partial charge in [0.25, 0.3) is 5.56 Å². The largest absolute Gasteiger partial charge is 0.390 e. The van der Waals surface area contributed by atoms with Crippen LogP contribution in [0.15, 0.2) is 46.1 Å². The number of aryl methyl sites for hydroxylation is 1. The number of aromatic nitrogens is 2. The number of likely N-dealkylation sites (N-methyl/N-ethyl adjacent to an activating group) is 1. The zero-order chi connectivity index (χ0) is 18.7. The van der Waals surface area contributed by atoms with Crippen molar-refractivity contribution in [3.8, 4) is 0 Å². The summed E-state index contributed by atoms with van der Waals surface area (Å²) in [5.41, 5.74) is 0.694. The van der Waals surface area contributed by atoms with Gasteiger partial charge in [-0.25, -0.2) is 4.79 Å². The van der Waals surface area contributed by atoms with Crippen molar-refractivity contribution in [1.82, 2.24) is 9.55 Å². The van der Waals surface area contributed by atoms with E-state index in [0.717, 1.165) is 12.2 Å². The smallest absolute Gasteiger partial charge is 0.330 e. The van der Waals surface area contributed by atoms with Gasteiger partial charge in [0, 0.05) is 37.0 Å². The highest BCUT2D eigenvalue weighted by molar-refractivity contribution is 5.46. The van der Waals surface area contributed by atoms with Crippen LogP contribution in [0.5, 0.6) is 0 Å². The molecule has 7 heteroatoms. The summed E-state index contributed by atoms with van der Waals surface area (Å²) in [5, 5.41) is 10.4. The Morgan fingerprint density at radius 2 is 2.00 bits per heavy atom. The fourth-order valence-electron chi connectivity index (χ4n) is 3.32. The minimum Gasteiger partial charge on any atom is -0.390 e. The van der Waals surface area contributed by atoms with E-state index in [4.69, 9.17) is 4.74 Å². The first-order chi connectivity index (χ1) is 12.5. The van der Waals surface area contributed by atoms with Crippen molar-refractivity contribution >= 4 is 5.69 Å². The summed E-state index contributed by atoms with van der Waals surface area (Å²) in [6.45, 7) is 5.20. The molecule has 1 aliphatic rings. The molecule has 3 atom stereocenters. The number of hydrogen-bond acceptors (Lipinski definition) is 5. The molecule has 3 rings (SSSR count). The molecule has 0 unspecified atom stereocenters. The lowest BCUT2D eigenvalue weighted by Crippen LogP contribution is -2.38. The van der Waals surface area contributed by atoms with E-state index >= 15 is 0 Å². The molecule has 1 aromatic carbocycles. The first-order valence-electron chi connectivity index (χ1n) is 9.01. The Labute approximate surface area is 151 Å². The van der Waals surface area contributed by atoms with Crippen LogP contribution in [-0.2, 0) is 11.2 Å². The van der Waals surface area contributed by atoms with Crippen molar-refractivity contribution in [1.29, 1.82) is 0 Å². The zero-order valence-electron chi connectivity index (χ0n) is 15.1. The molecule has 26 heavy (non-hydrogen) atoms. The number of rotatable bonds is 6. The number of nitrogens with zero attached hydrogens (tertiary/aromatic N) is 2. The number of aromatic amines is 1. The van der Waals surface area contributed by atoms with Crippen LogP contribution in [0.2, 0.25) is 0 Å². The number of benzene rings is 1. The van der Waals surface area contributed by atoms with Crippen LogP contribution in [0.4, 0.5) is 5.69 Å². The van der Waals surface area contributed by atoms with Crippen molar-refractivity contribution in [3.63, 3.8) is 0 Å². The van der Waals surface area contributed by atoms with Crippen LogP contribution in [0.25, 0.3) is 0 Å². The van der Waals surface area contributed by atoms with Gasteiger partial charge in [0.05, 0.1) is 6.10 Å². The molecule has 140 valence electrons. The molecular weight excluding hydrogens is 334 g/mol. The monoisotopic (exact) mass is 359 g/mol. The summed E-state index contributed by atoms with van der Waals surface area (Å²) >= 11 is 0. The molecule has 0 bridgehead atoms. The molecule has 1 aliphatic heterocycles. The summed E-state index contributed by atoms with van der Waals surface area (Å²) in [4.78, 5) is 28.3. The minimum absolute atomic E-state index is 0.312. The predicted octanol–water partition coefficient (Wildman–Crippen LogP) is 1.27. The number of para-hydroxylation sites is 1. The van der Waals surface area contributed by atoms with Crippen molar-refractivity contribution in [2.75, 3.05) is 18.0 Å². The summed E-state index contributed by atoms with van der Waals surface area (Å²) in [6, 6.07) is 9.94. The summed E-state index contributed by atoms with van der Waals surface area (Å²) in [5.74, 6) is 0. The fraction of sp³-hybridized carbons (Fsp3) is 0.474. The molecule has 1 saturated heterocycles. The molecule has 2 N–H and O–H groups in total. The molecule has 1 aromatic heterocycles. The van der Waals surface area contributed by atoms with Gasteiger partial charge in [-0.2, -0.15) is 0 Å². The summed E-state index contributed by atoms with van der Waals surface area (Å²) < 4.78 is 7.36. The number of aliphatic hydroxyl groups is 1. The SMILES string of the molecule is CCc1cn([C@H]2C[C@H](O)[C@@H](CN(CC)c3ccccc3)O2)c(=O)[nH]c1=O. The normalized spacial score (nSPS) is 22.5. The number of hydrogen-bond donors (Lipinski definition) is 2. The van der Waals surface area contributed by atoms with Crippen LogP contribution in [0.1, 0.15) is 32.1 Å². The molecular formula is C19H25N3O4. The third-order valence-corrected chi connectivity index (χ3v) is 4.84. The fourth-order valence-corrected chi connectivity index (χ4v) is 3.32. The highest BCUT2D eigenvalue weighted by Crippen LogP contribution is 2.29. The average molecular weight is 359 g/mol. The zero-order valence-corrected chi connectivity index (χ0v) is 15.1. The van der Waals surface area contributed by atoms with Gasteiger partial charge in [-0.05, 0) is 25.5 Å². The maximum absolute atomic E-state index is 12.1. The van der Waals surface area contributed by atoms with Crippen molar-refractivity contribution < 1.29 is 9.84 Å². The second-order valence-electron chi connectivity index (χ2n) is 6.48. The molecule has 2 aromatic rings. The Morgan fingerprint density at radius 3 is 2.65 bits per heavy atom.